The topological polar surface area (TPSA) is 72.5 Å². The highest BCUT2D eigenvalue weighted by Gasteiger charge is 2.32. The van der Waals surface area contributed by atoms with Crippen molar-refractivity contribution in [1.82, 2.24) is 4.98 Å². The van der Waals surface area contributed by atoms with Crippen molar-refractivity contribution in [1.29, 1.82) is 0 Å². The van der Waals surface area contributed by atoms with E-state index in [9.17, 15) is 13.2 Å². The predicted molar refractivity (Wildman–Crippen MR) is 96.7 cm³/mol. The zero-order valence-electron chi connectivity index (χ0n) is 12.0. The normalized spacial score (nSPS) is 11.6. The molecule has 0 radical (unpaired) electrons. The largest absolute Gasteiger partial charge is 0.573 e. The summed E-state index contributed by atoms with van der Waals surface area (Å²) in [4.78, 5) is 8.03. The molecular weight excluding hydrogens is 460 g/mol. The molecule has 1 heterocycles. The van der Waals surface area contributed by atoms with Crippen LogP contribution in [-0.4, -0.2) is 17.3 Å². The SMILES string of the molecule is I.NC(=NCc1ccc(Cl)cn1)Nc1ccccc1OC(F)(F)F. The Bertz CT molecular complexity index is 695. The predicted octanol–water partition coefficient (Wildman–Crippen LogP) is 4.18. The van der Waals surface area contributed by atoms with Crippen molar-refractivity contribution in [3.05, 3.63) is 53.3 Å². The molecule has 5 nitrogen and oxygen atoms in total. The summed E-state index contributed by atoms with van der Waals surface area (Å²) in [6.07, 6.45) is -3.33. The Kier molecular flexibility index (Phi) is 7.55. The molecule has 0 atom stereocenters. The van der Waals surface area contributed by atoms with Crippen molar-refractivity contribution in [2.75, 3.05) is 5.32 Å². The van der Waals surface area contributed by atoms with Gasteiger partial charge in [0.25, 0.3) is 0 Å². The number of anilines is 1. The van der Waals surface area contributed by atoms with Crippen LogP contribution in [0.5, 0.6) is 5.75 Å². The first-order chi connectivity index (χ1) is 10.8. The number of alkyl halides is 3. The Labute approximate surface area is 158 Å². The van der Waals surface area contributed by atoms with Crippen molar-refractivity contribution in [2.24, 2.45) is 10.7 Å². The van der Waals surface area contributed by atoms with Gasteiger partial charge in [-0.15, -0.1) is 37.1 Å². The highest BCUT2D eigenvalue weighted by atomic mass is 127. The first kappa shape index (κ1) is 20.3. The van der Waals surface area contributed by atoms with E-state index in [0.29, 0.717) is 10.7 Å². The van der Waals surface area contributed by atoms with Crippen LogP contribution in [0.25, 0.3) is 0 Å². The van der Waals surface area contributed by atoms with Crippen molar-refractivity contribution < 1.29 is 17.9 Å². The summed E-state index contributed by atoms with van der Waals surface area (Å²) < 4.78 is 40.9. The van der Waals surface area contributed by atoms with Crippen LogP contribution in [0.3, 0.4) is 0 Å². The highest BCUT2D eigenvalue weighted by molar-refractivity contribution is 14.0. The van der Waals surface area contributed by atoms with Crippen LogP contribution in [0.2, 0.25) is 5.02 Å². The Morgan fingerprint density at radius 2 is 1.96 bits per heavy atom. The summed E-state index contributed by atoms with van der Waals surface area (Å²) >= 11 is 5.71. The molecular formula is C14H13ClF3IN4O. The molecule has 0 saturated carbocycles. The number of pyridine rings is 1. The quantitative estimate of drug-likeness (QED) is 0.398. The molecule has 0 fully saturated rings. The van der Waals surface area contributed by atoms with Gasteiger partial charge in [-0.25, -0.2) is 4.99 Å². The van der Waals surface area contributed by atoms with E-state index in [2.05, 4.69) is 20.0 Å². The van der Waals surface area contributed by atoms with E-state index in [0.717, 1.165) is 0 Å². The van der Waals surface area contributed by atoms with Gasteiger partial charge in [-0.1, -0.05) is 23.7 Å². The lowest BCUT2D eigenvalue weighted by molar-refractivity contribution is -0.274. The standard InChI is InChI=1S/C14H12ClF3N4O.HI/c15-9-5-6-10(20-7-9)8-21-13(19)22-11-3-1-2-4-12(11)23-14(16,17)18;/h1-7H,8H2,(H3,19,21,22);1H. The molecule has 0 aliphatic rings. The minimum absolute atomic E-state index is 0. The van der Waals surface area contributed by atoms with Gasteiger partial charge in [0.1, 0.15) is 0 Å². The second-order valence-corrected chi connectivity index (χ2v) is 4.77. The van der Waals surface area contributed by atoms with E-state index in [1.807, 2.05) is 0 Å². The summed E-state index contributed by atoms with van der Waals surface area (Å²) in [6.45, 7) is 0.151. The van der Waals surface area contributed by atoms with Crippen molar-refractivity contribution in [2.45, 2.75) is 12.9 Å². The summed E-state index contributed by atoms with van der Waals surface area (Å²) in [7, 11) is 0. The second kappa shape index (κ2) is 8.92. The van der Waals surface area contributed by atoms with Gasteiger partial charge in [0.05, 0.1) is 22.9 Å². The molecule has 24 heavy (non-hydrogen) atoms. The van der Waals surface area contributed by atoms with Crippen molar-refractivity contribution in [3.63, 3.8) is 0 Å². The molecule has 10 heteroatoms. The van der Waals surface area contributed by atoms with Crippen LogP contribution >= 0.6 is 35.6 Å². The number of hydrogen-bond donors (Lipinski definition) is 2. The third kappa shape index (κ3) is 6.79. The third-order valence-electron chi connectivity index (χ3n) is 2.58. The number of nitrogens with two attached hydrogens (primary N) is 1. The van der Waals surface area contributed by atoms with Crippen molar-refractivity contribution >= 4 is 47.2 Å². The van der Waals surface area contributed by atoms with Gasteiger partial charge >= 0.3 is 6.36 Å². The number of para-hydroxylation sites is 2. The highest BCUT2D eigenvalue weighted by Crippen LogP contribution is 2.29. The molecule has 3 N–H and O–H groups in total. The molecule has 0 saturated heterocycles. The average molecular weight is 473 g/mol. The molecule has 0 aliphatic heterocycles. The Hall–Kier alpha value is -1.75. The maximum Gasteiger partial charge on any atom is 0.573 e. The van der Waals surface area contributed by atoms with Crippen LogP contribution in [0.1, 0.15) is 5.69 Å². The molecule has 2 rings (SSSR count). The van der Waals surface area contributed by atoms with Crippen LogP contribution < -0.4 is 15.8 Å². The van der Waals surface area contributed by atoms with E-state index in [1.165, 1.54) is 24.4 Å². The number of halogens is 5. The lowest BCUT2D eigenvalue weighted by atomic mass is 10.3. The molecule has 0 amide bonds. The second-order valence-electron chi connectivity index (χ2n) is 4.34. The summed E-state index contributed by atoms with van der Waals surface area (Å²) in [6, 6.07) is 8.83. The maximum absolute atomic E-state index is 12.3. The number of rotatable bonds is 4. The lowest BCUT2D eigenvalue weighted by Gasteiger charge is -2.14. The number of guanidine groups is 1. The monoisotopic (exact) mass is 472 g/mol. The molecule has 130 valence electrons. The number of ether oxygens (including phenoxy) is 1. The molecule has 0 aliphatic carbocycles. The van der Waals surface area contributed by atoms with Gasteiger partial charge in [0.15, 0.2) is 11.7 Å². The van der Waals surface area contributed by atoms with E-state index in [4.69, 9.17) is 17.3 Å². The fourth-order valence-electron chi connectivity index (χ4n) is 1.63. The van der Waals surface area contributed by atoms with Gasteiger partial charge in [-0.3, -0.25) is 4.98 Å². The Morgan fingerprint density at radius 3 is 2.58 bits per heavy atom. The van der Waals surface area contributed by atoms with Crippen LogP contribution in [-0.2, 0) is 6.54 Å². The van der Waals surface area contributed by atoms with Crippen LogP contribution in [0.4, 0.5) is 18.9 Å². The number of aromatic nitrogens is 1. The van der Waals surface area contributed by atoms with Gasteiger partial charge in [-0.2, -0.15) is 0 Å². The smallest absolute Gasteiger partial charge is 0.404 e. The summed E-state index contributed by atoms with van der Waals surface area (Å²) in [5.41, 5.74) is 6.33. The Morgan fingerprint density at radius 1 is 1.25 bits per heavy atom. The minimum Gasteiger partial charge on any atom is -0.404 e. The maximum atomic E-state index is 12.3. The average Bonchev–Trinajstić information content (AvgIpc) is 2.47. The molecule has 2 aromatic rings. The van der Waals surface area contributed by atoms with Crippen molar-refractivity contribution in [3.8, 4) is 5.75 Å². The van der Waals surface area contributed by atoms with Gasteiger partial charge in [0, 0.05) is 6.20 Å². The molecule has 0 bridgehead atoms. The van der Waals surface area contributed by atoms with Gasteiger partial charge in [-0.05, 0) is 24.3 Å². The third-order valence-corrected chi connectivity index (χ3v) is 2.80. The number of benzene rings is 1. The minimum atomic E-state index is -4.79. The first-order valence-corrected chi connectivity index (χ1v) is 6.73. The van der Waals surface area contributed by atoms with Crippen LogP contribution in [0.15, 0.2) is 47.6 Å². The lowest BCUT2D eigenvalue weighted by Crippen LogP contribution is -2.24. The molecule has 0 unspecified atom stereocenters. The number of aliphatic imine (C=N–C) groups is 1. The van der Waals surface area contributed by atoms with E-state index in [1.54, 1.807) is 18.2 Å². The van der Waals surface area contributed by atoms with Gasteiger partial charge < -0.3 is 15.8 Å². The Balaban J connectivity index is 0.00000288. The molecule has 1 aromatic heterocycles. The van der Waals surface area contributed by atoms with E-state index < -0.39 is 12.1 Å². The fourth-order valence-corrected chi connectivity index (χ4v) is 1.74. The van der Waals surface area contributed by atoms with E-state index >= 15 is 0 Å². The first-order valence-electron chi connectivity index (χ1n) is 6.35. The van der Waals surface area contributed by atoms with Gasteiger partial charge in [0.2, 0.25) is 0 Å². The number of nitrogens with one attached hydrogen (secondary N) is 1. The zero-order chi connectivity index (χ0) is 16.9. The van der Waals surface area contributed by atoms with Crippen LogP contribution in [0, 0.1) is 0 Å². The molecule has 1 aromatic carbocycles. The molecule has 0 spiro atoms. The van der Waals surface area contributed by atoms with E-state index in [-0.39, 0.29) is 42.2 Å². The number of hydrogen-bond acceptors (Lipinski definition) is 3. The number of nitrogens with zero attached hydrogens (tertiary/aromatic N) is 2. The summed E-state index contributed by atoms with van der Waals surface area (Å²) in [5, 5.41) is 3.05. The fraction of sp³-hybridized carbons (Fsp3) is 0.143. The zero-order valence-corrected chi connectivity index (χ0v) is 15.1. The summed E-state index contributed by atoms with van der Waals surface area (Å²) in [5.74, 6) is -0.470.